The zero-order valence-corrected chi connectivity index (χ0v) is 9.35. The minimum absolute atomic E-state index is 0.196. The molecule has 0 aliphatic heterocycles. The van der Waals surface area contributed by atoms with Gasteiger partial charge in [-0.2, -0.15) is 0 Å². The topological polar surface area (TPSA) is 0 Å². The second-order valence-electron chi connectivity index (χ2n) is 1.03. The molecule has 0 bridgehead atoms. The molecule has 0 radical (unpaired) electrons. The molecule has 0 unspecified atom stereocenters. The lowest BCUT2D eigenvalue weighted by molar-refractivity contribution is 2.07. The van der Waals surface area contributed by atoms with Gasteiger partial charge in [0.25, 0.3) is 0 Å². The van der Waals surface area contributed by atoms with E-state index in [0.717, 1.165) is 14.0 Å². The van der Waals surface area contributed by atoms with Gasteiger partial charge in [0, 0.05) is 14.0 Å². The minimum atomic E-state index is 0.196. The average Bonchev–Trinajstić information content (AvgIpc) is 1.72. The number of alkyl halides is 3. The van der Waals surface area contributed by atoms with Crippen molar-refractivity contribution in [2.75, 3.05) is 14.0 Å². The molecule has 0 aromatic carbocycles. The van der Waals surface area contributed by atoms with Gasteiger partial charge in [0.2, 0.25) is 0 Å². The Morgan fingerprint density at radius 1 is 0.857 bits per heavy atom. The summed E-state index contributed by atoms with van der Waals surface area (Å²) in [4.78, 5) is 0. The van der Waals surface area contributed by atoms with Crippen molar-refractivity contribution in [1.29, 1.82) is 0 Å². The predicted octanol–water partition coefficient (Wildman–Crippen LogP) is 3.04. The van der Waals surface area contributed by atoms with Crippen molar-refractivity contribution in [1.82, 2.24) is 0 Å². The van der Waals surface area contributed by atoms with E-state index in [0.29, 0.717) is 0 Å². The van der Waals surface area contributed by atoms with Gasteiger partial charge in [-0.1, -0.05) is 47.8 Å². The molecule has 0 aliphatic rings. The summed E-state index contributed by atoms with van der Waals surface area (Å²) in [6, 6.07) is 0. The maximum atomic E-state index is 3.40. The molecule has 0 aromatic heterocycles. The van der Waals surface area contributed by atoms with Gasteiger partial charge in [-0.05, 0) is 0 Å². The van der Waals surface area contributed by atoms with Crippen LogP contribution in [0.2, 0.25) is 0 Å². The number of rotatable bonds is 3. The molecule has 0 fully saturated rings. The Hall–Kier alpha value is 1.79. The quantitative estimate of drug-likeness (QED) is 0.601. The van der Waals surface area contributed by atoms with E-state index in [9.17, 15) is 0 Å². The lowest BCUT2D eigenvalue weighted by atomic mass is 11.8. The molecule has 0 spiro atoms. The highest BCUT2D eigenvalue weighted by Crippen LogP contribution is 2.30. The average molecular weight is 315 g/mol. The largest absolute Gasteiger partial charge is 0.225 e. The van der Waals surface area contributed by atoms with Gasteiger partial charge >= 0.3 is 0 Å². The SMILES string of the molecule is BrC[SH](CBr)CBr. The second kappa shape index (κ2) is 5.92. The fourth-order valence-electron chi connectivity index (χ4n) is 0.0958. The summed E-state index contributed by atoms with van der Waals surface area (Å²) >= 11 is 10.2. The molecule has 0 rings (SSSR count). The first-order valence-corrected chi connectivity index (χ1v) is 7.01. The minimum Gasteiger partial charge on any atom is -0.225 e. The van der Waals surface area contributed by atoms with Gasteiger partial charge < -0.3 is 0 Å². The molecule has 0 heterocycles. The van der Waals surface area contributed by atoms with E-state index in [4.69, 9.17) is 0 Å². The van der Waals surface area contributed by atoms with Crippen LogP contribution in [0.1, 0.15) is 0 Å². The Balaban J connectivity index is 2.99. The second-order valence-corrected chi connectivity index (χ2v) is 7.60. The van der Waals surface area contributed by atoms with Crippen molar-refractivity contribution in [3.63, 3.8) is 0 Å². The van der Waals surface area contributed by atoms with E-state index in [2.05, 4.69) is 47.8 Å². The highest BCUT2D eigenvalue weighted by molar-refractivity contribution is 9.15. The molecular weight excluding hydrogens is 308 g/mol. The summed E-state index contributed by atoms with van der Waals surface area (Å²) in [6.45, 7) is 0. The maximum absolute atomic E-state index is 3.40. The number of hydrogen-bond donors (Lipinski definition) is 1. The van der Waals surface area contributed by atoms with Crippen LogP contribution in [0.5, 0.6) is 0 Å². The molecule has 7 heavy (non-hydrogen) atoms. The van der Waals surface area contributed by atoms with E-state index in [1.165, 1.54) is 0 Å². The Kier molecular flexibility index (Phi) is 7.43. The summed E-state index contributed by atoms with van der Waals surface area (Å²) in [5.74, 6) is 0. The summed E-state index contributed by atoms with van der Waals surface area (Å²) in [6.07, 6.45) is 0. The molecule has 46 valence electrons. The normalized spacial score (nSPS) is 11.6. The van der Waals surface area contributed by atoms with E-state index in [1.807, 2.05) is 0 Å². The van der Waals surface area contributed by atoms with Crippen LogP contribution in [0, 0.1) is 0 Å². The standard InChI is InChI=1S/C3H7Br3S/c4-1-7(2-5)3-6/h7H,1-3H2. The summed E-state index contributed by atoms with van der Waals surface area (Å²) in [5.41, 5.74) is 0. The first-order valence-electron chi connectivity index (χ1n) is 1.75. The van der Waals surface area contributed by atoms with Crippen LogP contribution in [-0.4, -0.2) is 14.0 Å². The third-order valence-electron chi connectivity index (χ3n) is 0.507. The molecule has 0 nitrogen and oxygen atoms in total. The number of halogens is 3. The van der Waals surface area contributed by atoms with Crippen molar-refractivity contribution in [2.45, 2.75) is 0 Å². The zero-order chi connectivity index (χ0) is 5.70. The third-order valence-corrected chi connectivity index (χ3v) is 7.90. The highest BCUT2D eigenvalue weighted by atomic mass is 79.9. The van der Waals surface area contributed by atoms with E-state index < -0.39 is 0 Å². The summed E-state index contributed by atoms with van der Waals surface area (Å²) in [5, 5.41) is 0. The van der Waals surface area contributed by atoms with Crippen LogP contribution in [-0.2, 0) is 0 Å². The molecule has 0 atom stereocenters. The van der Waals surface area contributed by atoms with E-state index >= 15 is 0 Å². The van der Waals surface area contributed by atoms with Crippen LogP contribution in [0.3, 0.4) is 0 Å². The zero-order valence-electron chi connectivity index (χ0n) is 3.70. The number of hydrogen-bond acceptors (Lipinski definition) is 0. The third kappa shape index (κ3) is 4.30. The van der Waals surface area contributed by atoms with Gasteiger partial charge in [0.05, 0.1) is 0 Å². The highest BCUT2D eigenvalue weighted by Gasteiger charge is 1.93. The molecule has 0 N–H and O–H groups in total. The first kappa shape index (κ1) is 8.79. The Morgan fingerprint density at radius 3 is 1.14 bits per heavy atom. The molecule has 0 amide bonds. The van der Waals surface area contributed by atoms with Crippen molar-refractivity contribution in [3.05, 3.63) is 0 Å². The Morgan fingerprint density at radius 2 is 1.14 bits per heavy atom. The van der Waals surface area contributed by atoms with Gasteiger partial charge in [-0.25, -0.2) is 10.9 Å². The monoisotopic (exact) mass is 312 g/mol. The van der Waals surface area contributed by atoms with Crippen molar-refractivity contribution in [3.8, 4) is 0 Å². The van der Waals surface area contributed by atoms with Crippen LogP contribution in [0.25, 0.3) is 0 Å². The van der Waals surface area contributed by atoms with Crippen molar-refractivity contribution >= 4 is 58.7 Å². The van der Waals surface area contributed by atoms with Gasteiger partial charge in [-0.15, -0.1) is 0 Å². The molecule has 4 heteroatoms. The summed E-state index contributed by atoms with van der Waals surface area (Å²) < 4.78 is 3.41. The lowest BCUT2D eigenvalue weighted by Crippen LogP contribution is -1.80. The van der Waals surface area contributed by atoms with Crippen LogP contribution >= 0.6 is 58.7 Å². The number of thiol groups is 1. The molecule has 0 aliphatic carbocycles. The van der Waals surface area contributed by atoms with Crippen molar-refractivity contribution < 1.29 is 0 Å². The molecular formula is C3H7Br3S. The Bertz CT molecular complexity index is 31.7. The molecule has 0 aromatic rings. The van der Waals surface area contributed by atoms with Gasteiger partial charge in [0.1, 0.15) is 0 Å². The predicted molar refractivity (Wildman–Crippen MR) is 50.4 cm³/mol. The van der Waals surface area contributed by atoms with Gasteiger partial charge in [-0.3, -0.25) is 0 Å². The van der Waals surface area contributed by atoms with E-state index in [-0.39, 0.29) is 10.9 Å². The van der Waals surface area contributed by atoms with Crippen LogP contribution in [0.15, 0.2) is 0 Å². The Labute approximate surface area is 72.2 Å². The maximum Gasteiger partial charge on any atom is 0.0324 e. The van der Waals surface area contributed by atoms with E-state index in [1.54, 1.807) is 0 Å². The van der Waals surface area contributed by atoms with Crippen LogP contribution < -0.4 is 0 Å². The lowest BCUT2D eigenvalue weighted by Gasteiger charge is -2.08. The molecule has 0 saturated heterocycles. The fourth-order valence-corrected chi connectivity index (χ4v) is 7.76. The molecule has 0 saturated carbocycles. The first-order chi connectivity index (χ1) is 3.35. The fraction of sp³-hybridized carbons (Fsp3) is 1.00. The van der Waals surface area contributed by atoms with Crippen molar-refractivity contribution in [2.24, 2.45) is 0 Å². The van der Waals surface area contributed by atoms with Crippen LogP contribution in [0.4, 0.5) is 0 Å². The smallest absolute Gasteiger partial charge is 0.0324 e. The summed E-state index contributed by atoms with van der Waals surface area (Å²) in [7, 11) is 0.196. The van der Waals surface area contributed by atoms with Gasteiger partial charge in [0.15, 0.2) is 0 Å².